The van der Waals surface area contributed by atoms with Crippen molar-refractivity contribution in [3.05, 3.63) is 34.6 Å². The second kappa shape index (κ2) is 5.47. The van der Waals surface area contributed by atoms with E-state index < -0.39 is 11.4 Å². The summed E-state index contributed by atoms with van der Waals surface area (Å²) in [4.78, 5) is 11.7. The Hall–Kier alpha value is -1.13. The van der Waals surface area contributed by atoms with Gasteiger partial charge in [0.2, 0.25) is 5.91 Å². The highest BCUT2D eigenvalue weighted by atomic mass is 35.5. The Balaban J connectivity index is 2.71. The van der Waals surface area contributed by atoms with Crippen molar-refractivity contribution >= 4 is 17.5 Å². The lowest BCUT2D eigenvalue weighted by atomic mass is 10.0. The summed E-state index contributed by atoms with van der Waals surface area (Å²) >= 11 is 5.87. The van der Waals surface area contributed by atoms with Gasteiger partial charge in [0.1, 0.15) is 5.82 Å². The fourth-order valence-corrected chi connectivity index (χ4v) is 1.51. The van der Waals surface area contributed by atoms with Gasteiger partial charge in [0, 0.05) is 17.1 Å². The summed E-state index contributed by atoms with van der Waals surface area (Å²) in [6.07, 6.45) is 0.0417. The van der Waals surface area contributed by atoms with Gasteiger partial charge in [0.25, 0.3) is 0 Å². The van der Waals surface area contributed by atoms with Gasteiger partial charge in [-0.05, 0) is 37.6 Å². The molecule has 0 aromatic heterocycles. The Labute approximate surface area is 105 Å². The first kappa shape index (κ1) is 13.9. The van der Waals surface area contributed by atoms with Crippen molar-refractivity contribution in [1.82, 2.24) is 5.32 Å². The summed E-state index contributed by atoms with van der Waals surface area (Å²) < 4.78 is 13.0. The number of carbonyl (C=O) groups is 1. The van der Waals surface area contributed by atoms with Crippen LogP contribution in [0.5, 0.6) is 0 Å². The van der Waals surface area contributed by atoms with Crippen LogP contribution in [-0.4, -0.2) is 18.0 Å². The first-order valence-corrected chi connectivity index (χ1v) is 5.67. The van der Waals surface area contributed by atoms with Crippen LogP contribution in [0.1, 0.15) is 19.4 Å². The molecule has 0 spiro atoms. The summed E-state index contributed by atoms with van der Waals surface area (Å²) in [6, 6.07) is 3.96. The Morgan fingerprint density at radius 2 is 2.18 bits per heavy atom. The number of benzene rings is 1. The van der Waals surface area contributed by atoms with Crippen LogP contribution in [0.4, 0.5) is 4.39 Å². The molecule has 3 nitrogen and oxygen atoms in total. The van der Waals surface area contributed by atoms with E-state index in [1.54, 1.807) is 0 Å². The summed E-state index contributed by atoms with van der Waals surface area (Å²) in [6.45, 7) is 3.96. The van der Waals surface area contributed by atoms with Crippen LogP contribution in [0.25, 0.3) is 0 Å². The van der Waals surface area contributed by atoms with E-state index in [2.05, 4.69) is 5.32 Å². The molecule has 0 fully saturated rings. The van der Waals surface area contributed by atoms with Gasteiger partial charge in [-0.3, -0.25) is 4.79 Å². The average molecular weight is 259 g/mol. The number of hydrogen-bond acceptors (Lipinski definition) is 2. The van der Waals surface area contributed by atoms with Crippen molar-refractivity contribution in [1.29, 1.82) is 0 Å². The molecule has 0 saturated carbocycles. The van der Waals surface area contributed by atoms with Gasteiger partial charge in [0.15, 0.2) is 0 Å². The smallest absolute Gasteiger partial charge is 0.224 e. The molecule has 3 N–H and O–H groups in total. The maximum absolute atomic E-state index is 13.0. The van der Waals surface area contributed by atoms with Gasteiger partial charge in [0.05, 0.1) is 6.42 Å². The number of nitrogens with two attached hydrogens (primary N) is 1. The zero-order valence-corrected chi connectivity index (χ0v) is 10.6. The first-order valence-electron chi connectivity index (χ1n) is 5.29. The van der Waals surface area contributed by atoms with Crippen LogP contribution in [0, 0.1) is 5.82 Å². The van der Waals surface area contributed by atoms with Crippen molar-refractivity contribution in [3.63, 3.8) is 0 Å². The molecule has 0 bridgehead atoms. The number of nitrogens with one attached hydrogen (secondary N) is 1. The van der Waals surface area contributed by atoms with E-state index in [0.29, 0.717) is 17.1 Å². The third kappa shape index (κ3) is 4.32. The molecule has 1 amide bonds. The average Bonchev–Trinajstić information content (AvgIpc) is 2.23. The van der Waals surface area contributed by atoms with Gasteiger partial charge < -0.3 is 11.1 Å². The van der Waals surface area contributed by atoms with Gasteiger partial charge in [-0.1, -0.05) is 11.6 Å². The predicted octanol–water partition coefficient (Wildman–Crippen LogP) is 1.88. The van der Waals surface area contributed by atoms with E-state index in [4.69, 9.17) is 17.3 Å². The highest BCUT2D eigenvalue weighted by Crippen LogP contribution is 2.17. The largest absolute Gasteiger partial charge is 0.350 e. The molecule has 1 rings (SSSR count). The molecule has 0 aliphatic heterocycles. The topological polar surface area (TPSA) is 55.1 Å². The molecule has 0 saturated heterocycles. The van der Waals surface area contributed by atoms with E-state index in [-0.39, 0.29) is 12.3 Å². The first-order chi connectivity index (χ1) is 7.84. The monoisotopic (exact) mass is 258 g/mol. The lowest BCUT2D eigenvalue weighted by molar-refractivity contribution is -0.121. The van der Waals surface area contributed by atoms with Crippen molar-refractivity contribution in [3.8, 4) is 0 Å². The molecule has 0 radical (unpaired) electrons. The molecule has 1 aromatic rings. The molecular formula is C12H16ClFN2O. The molecule has 0 atom stereocenters. The maximum Gasteiger partial charge on any atom is 0.224 e. The molecule has 0 aliphatic carbocycles. The minimum absolute atomic E-state index is 0.0417. The summed E-state index contributed by atoms with van der Waals surface area (Å²) in [5.41, 5.74) is 5.50. The van der Waals surface area contributed by atoms with E-state index in [0.717, 1.165) is 0 Å². The molecule has 17 heavy (non-hydrogen) atoms. The van der Waals surface area contributed by atoms with E-state index in [1.807, 2.05) is 13.8 Å². The van der Waals surface area contributed by atoms with Crippen LogP contribution in [-0.2, 0) is 11.2 Å². The minimum atomic E-state index is -0.475. The normalized spacial score (nSPS) is 11.4. The van der Waals surface area contributed by atoms with Crippen LogP contribution >= 0.6 is 11.6 Å². The number of carbonyl (C=O) groups excluding carboxylic acids is 1. The Bertz CT molecular complexity index is 421. The molecule has 0 unspecified atom stereocenters. The summed E-state index contributed by atoms with van der Waals surface area (Å²) in [5.74, 6) is -0.636. The fraction of sp³-hybridized carbons (Fsp3) is 0.417. The van der Waals surface area contributed by atoms with Crippen LogP contribution < -0.4 is 11.1 Å². The Morgan fingerprint density at radius 3 is 2.76 bits per heavy atom. The quantitative estimate of drug-likeness (QED) is 0.866. The summed E-state index contributed by atoms with van der Waals surface area (Å²) in [5, 5.41) is 3.14. The predicted molar refractivity (Wildman–Crippen MR) is 66.4 cm³/mol. The third-order valence-electron chi connectivity index (χ3n) is 2.35. The van der Waals surface area contributed by atoms with Gasteiger partial charge >= 0.3 is 0 Å². The van der Waals surface area contributed by atoms with Crippen molar-refractivity contribution < 1.29 is 9.18 Å². The molecular weight excluding hydrogens is 243 g/mol. The Morgan fingerprint density at radius 1 is 1.53 bits per heavy atom. The highest BCUT2D eigenvalue weighted by molar-refractivity contribution is 6.31. The summed E-state index contributed by atoms with van der Waals surface area (Å²) in [7, 11) is 0. The molecule has 5 heteroatoms. The van der Waals surface area contributed by atoms with Gasteiger partial charge in [-0.2, -0.15) is 0 Å². The lowest BCUT2D eigenvalue weighted by Crippen LogP contribution is -2.49. The van der Waals surface area contributed by atoms with Crippen LogP contribution in [0.15, 0.2) is 18.2 Å². The zero-order chi connectivity index (χ0) is 13.1. The van der Waals surface area contributed by atoms with Gasteiger partial charge in [-0.15, -0.1) is 0 Å². The molecule has 1 aromatic carbocycles. The highest BCUT2D eigenvalue weighted by Gasteiger charge is 2.18. The molecule has 0 aliphatic rings. The second-order valence-corrected chi connectivity index (χ2v) is 4.96. The third-order valence-corrected chi connectivity index (χ3v) is 2.72. The fourth-order valence-electron chi connectivity index (χ4n) is 1.32. The Kier molecular flexibility index (Phi) is 4.48. The van der Waals surface area contributed by atoms with Gasteiger partial charge in [-0.25, -0.2) is 4.39 Å². The van der Waals surface area contributed by atoms with Crippen molar-refractivity contribution in [2.24, 2.45) is 5.73 Å². The van der Waals surface area contributed by atoms with E-state index in [1.165, 1.54) is 18.2 Å². The molecule has 0 heterocycles. The zero-order valence-electron chi connectivity index (χ0n) is 9.89. The minimum Gasteiger partial charge on any atom is -0.350 e. The SMILES string of the molecule is CC(C)(CN)NC(=O)Cc1cc(F)ccc1Cl. The van der Waals surface area contributed by atoms with Crippen LogP contribution in [0.3, 0.4) is 0 Å². The van der Waals surface area contributed by atoms with E-state index in [9.17, 15) is 9.18 Å². The molecule has 94 valence electrons. The lowest BCUT2D eigenvalue weighted by Gasteiger charge is -2.24. The number of hydrogen-bond donors (Lipinski definition) is 2. The second-order valence-electron chi connectivity index (χ2n) is 4.55. The standard InChI is InChI=1S/C12H16ClFN2O/c1-12(2,7-15)16-11(17)6-8-5-9(14)3-4-10(8)13/h3-5H,6-7,15H2,1-2H3,(H,16,17). The van der Waals surface area contributed by atoms with Crippen molar-refractivity contribution in [2.75, 3.05) is 6.54 Å². The van der Waals surface area contributed by atoms with Crippen LogP contribution in [0.2, 0.25) is 5.02 Å². The maximum atomic E-state index is 13.0. The van der Waals surface area contributed by atoms with Crippen molar-refractivity contribution in [2.45, 2.75) is 25.8 Å². The number of halogens is 2. The number of rotatable bonds is 4. The van der Waals surface area contributed by atoms with E-state index >= 15 is 0 Å². The number of amides is 1.